The van der Waals surface area contributed by atoms with Gasteiger partial charge in [0.2, 0.25) is 0 Å². The first-order valence-electron chi connectivity index (χ1n) is 7.74. The number of nitrogen functional groups attached to an aromatic ring is 1. The summed E-state index contributed by atoms with van der Waals surface area (Å²) in [5.41, 5.74) is 11.5. The van der Waals surface area contributed by atoms with Crippen molar-refractivity contribution >= 4 is 5.82 Å². The maximum absolute atomic E-state index is 6.29. The number of anilines is 1. The van der Waals surface area contributed by atoms with Crippen molar-refractivity contribution in [2.24, 2.45) is 12.5 Å². The van der Waals surface area contributed by atoms with Gasteiger partial charge in [-0.05, 0) is 28.9 Å². The van der Waals surface area contributed by atoms with Crippen LogP contribution in [0, 0.1) is 5.41 Å². The van der Waals surface area contributed by atoms with Crippen molar-refractivity contribution in [1.29, 1.82) is 0 Å². The highest BCUT2D eigenvalue weighted by molar-refractivity contribution is 5.78. The lowest BCUT2D eigenvalue weighted by atomic mass is 9.96. The first-order chi connectivity index (χ1) is 9.81. The van der Waals surface area contributed by atoms with Crippen LogP contribution in [-0.2, 0) is 7.05 Å². The van der Waals surface area contributed by atoms with Crippen LogP contribution in [0.3, 0.4) is 0 Å². The maximum atomic E-state index is 6.29. The minimum atomic E-state index is 0.355. The molecule has 1 aromatic carbocycles. The standard InChI is InChI=1S/C18H25N3/c1-11(2)12-6-8-13(9-7-12)15-16(14-10-18(14,3)4)20-21(5)17(15)19/h6-9,11,14H,10,19H2,1-5H3. The molecule has 0 saturated heterocycles. The van der Waals surface area contributed by atoms with Crippen molar-refractivity contribution in [3.63, 3.8) is 0 Å². The molecule has 112 valence electrons. The molecule has 3 rings (SSSR count). The highest BCUT2D eigenvalue weighted by atomic mass is 15.3. The lowest BCUT2D eigenvalue weighted by Crippen LogP contribution is -1.98. The van der Waals surface area contributed by atoms with E-state index in [9.17, 15) is 0 Å². The fourth-order valence-electron chi connectivity index (χ4n) is 3.07. The summed E-state index contributed by atoms with van der Waals surface area (Å²) in [6.45, 7) is 9.03. The molecule has 2 N–H and O–H groups in total. The van der Waals surface area contributed by atoms with E-state index in [0.717, 1.165) is 17.1 Å². The van der Waals surface area contributed by atoms with Crippen LogP contribution in [0.15, 0.2) is 24.3 Å². The van der Waals surface area contributed by atoms with Crippen molar-refractivity contribution in [1.82, 2.24) is 9.78 Å². The topological polar surface area (TPSA) is 43.8 Å². The molecule has 0 bridgehead atoms. The van der Waals surface area contributed by atoms with E-state index in [4.69, 9.17) is 10.8 Å². The van der Waals surface area contributed by atoms with Gasteiger partial charge in [0.25, 0.3) is 0 Å². The molecular weight excluding hydrogens is 258 g/mol. The Kier molecular flexibility index (Phi) is 3.12. The number of benzene rings is 1. The van der Waals surface area contributed by atoms with E-state index in [1.165, 1.54) is 17.5 Å². The van der Waals surface area contributed by atoms with Gasteiger partial charge in [-0.15, -0.1) is 0 Å². The molecule has 1 aliphatic carbocycles. The molecule has 1 saturated carbocycles. The first-order valence-corrected chi connectivity index (χ1v) is 7.74. The highest BCUT2D eigenvalue weighted by Crippen LogP contribution is 2.60. The molecule has 21 heavy (non-hydrogen) atoms. The minimum absolute atomic E-state index is 0.355. The Bertz CT molecular complexity index is 663. The predicted molar refractivity (Wildman–Crippen MR) is 88.3 cm³/mol. The largest absolute Gasteiger partial charge is 0.383 e. The van der Waals surface area contributed by atoms with Gasteiger partial charge in [-0.3, -0.25) is 4.68 Å². The molecule has 0 radical (unpaired) electrons. The van der Waals surface area contributed by atoms with E-state index in [0.29, 0.717) is 17.3 Å². The minimum Gasteiger partial charge on any atom is -0.383 e. The molecular formula is C18H25N3. The van der Waals surface area contributed by atoms with Gasteiger partial charge in [-0.1, -0.05) is 52.0 Å². The SMILES string of the molecule is CC(C)c1ccc(-c2c(C3CC3(C)C)nn(C)c2N)cc1. The van der Waals surface area contributed by atoms with Crippen molar-refractivity contribution in [3.05, 3.63) is 35.5 Å². The van der Waals surface area contributed by atoms with Crippen molar-refractivity contribution in [3.8, 4) is 11.1 Å². The van der Waals surface area contributed by atoms with Gasteiger partial charge in [0.15, 0.2) is 0 Å². The van der Waals surface area contributed by atoms with Crippen molar-refractivity contribution in [2.45, 2.75) is 46.0 Å². The molecule has 1 heterocycles. The van der Waals surface area contributed by atoms with E-state index in [2.05, 4.69) is 52.0 Å². The Balaban J connectivity index is 2.05. The number of rotatable bonds is 3. The Morgan fingerprint density at radius 3 is 2.29 bits per heavy atom. The summed E-state index contributed by atoms with van der Waals surface area (Å²) in [6.07, 6.45) is 1.19. The normalized spacial score (nSPS) is 20.0. The van der Waals surface area contributed by atoms with Crippen molar-refractivity contribution in [2.75, 3.05) is 5.73 Å². The summed E-state index contributed by atoms with van der Waals surface area (Å²) in [4.78, 5) is 0. The van der Waals surface area contributed by atoms with Crippen LogP contribution in [0.5, 0.6) is 0 Å². The Hall–Kier alpha value is -1.77. The second-order valence-corrected chi connectivity index (χ2v) is 7.29. The molecule has 3 heteroatoms. The van der Waals surface area contributed by atoms with Crippen LogP contribution in [-0.4, -0.2) is 9.78 Å². The van der Waals surface area contributed by atoms with Crippen LogP contribution in [0.4, 0.5) is 5.82 Å². The van der Waals surface area contributed by atoms with Gasteiger partial charge < -0.3 is 5.73 Å². The number of nitrogens with zero attached hydrogens (tertiary/aromatic N) is 2. The zero-order valence-corrected chi connectivity index (χ0v) is 13.6. The van der Waals surface area contributed by atoms with E-state index >= 15 is 0 Å². The van der Waals surface area contributed by atoms with E-state index in [-0.39, 0.29) is 0 Å². The highest BCUT2D eigenvalue weighted by Gasteiger charge is 2.49. The Morgan fingerprint density at radius 1 is 1.24 bits per heavy atom. The van der Waals surface area contributed by atoms with E-state index in [1.54, 1.807) is 0 Å². The zero-order valence-electron chi connectivity index (χ0n) is 13.6. The quantitative estimate of drug-likeness (QED) is 0.912. The van der Waals surface area contributed by atoms with Crippen LogP contribution in [0.1, 0.15) is 57.2 Å². The third kappa shape index (κ3) is 2.35. The lowest BCUT2D eigenvalue weighted by Gasteiger charge is -2.09. The molecule has 0 spiro atoms. The van der Waals surface area contributed by atoms with Gasteiger partial charge in [0.05, 0.1) is 5.69 Å². The van der Waals surface area contributed by atoms with E-state index < -0.39 is 0 Å². The summed E-state index contributed by atoms with van der Waals surface area (Å²) in [7, 11) is 1.93. The second-order valence-electron chi connectivity index (χ2n) is 7.29. The number of nitrogens with two attached hydrogens (primary N) is 1. The fraction of sp³-hybridized carbons (Fsp3) is 0.500. The van der Waals surface area contributed by atoms with Gasteiger partial charge in [-0.25, -0.2) is 0 Å². The predicted octanol–water partition coefficient (Wildman–Crippen LogP) is 4.31. The van der Waals surface area contributed by atoms with Gasteiger partial charge in [-0.2, -0.15) is 5.10 Å². The summed E-state index contributed by atoms with van der Waals surface area (Å²) in [5, 5.41) is 4.69. The van der Waals surface area contributed by atoms with Crippen LogP contribution in [0.25, 0.3) is 11.1 Å². The van der Waals surface area contributed by atoms with E-state index in [1.807, 2.05) is 11.7 Å². The maximum Gasteiger partial charge on any atom is 0.129 e. The summed E-state index contributed by atoms with van der Waals surface area (Å²) in [6, 6.07) is 8.77. The molecule has 3 nitrogen and oxygen atoms in total. The molecule has 1 atom stereocenters. The van der Waals surface area contributed by atoms with Gasteiger partial charge >= 0.3 is 0 Å². The molecule has 0 amide bonds. The molecule has 1 aromatic heterocycles. The molecule has 1 aliphatic rings. The molecule has 2 aromatic rings. The van der Waals surface area contributed by atoms with Crippen LogP contribution < -0.4 is 5.73 Å². The average Bonchev–Trinajstić information content (AvgIpc) is 2.96. The lowest BCUT2D eigenvalue weighted by molar-refractivity contribution is 0.609. The summed E-state index contributed by atoms with van der Waals surface area (Å²) in [5.74, 6) is 1.85. The number of hydrogen-bond donors (Lipinski definition) is 1. The van der Waals surface area contributed by atoms with Gasteiger partial charge in [0, 0.05) is 18.5 Å². The fourth-order valence-corrected chi connectivity index (χ4v) is 3.07. The smallest absolute Gasteiger partial charge is 0.129 e. The second kappa shape index (κ2) is 4.62. The third-order valence-corrected chi connectivity index (χ3v) is 4.83. The Labute approximate surface area is 127 Å². The summed E-state index contributed by atoms with van der Waals surface area (Å²) < 4.78 is 1.81. The van der Waals surface area contributed by atoms with Gasteiger partial charge in [0.1, 0.15) is 5.82 Å². The third-order valence-electron chi connectivity index (χ3n) is 4.83. The number of aryl methyl sites for hydroxylation is 1. The first kappa shape index (κ1) is 14.2. The van der Waals surface area contributed by atoms with Crippen molar-refractivity contribution < 1.29 is 0 Å². The summed E-state index contributed by atoms with van der Waals surface area (Å²) >= 11 is 0. The molecule has 0 aliphatic heterocycles. The average molecular weight is 283 g/mol. The monoisotopic (exact) mass is 283 g/mol. The van der Waals surface area contributed by atoms with Crippen LogP contribution >= 0.6 is 0 Å². The number of hydrogen-bond acceptors (Lipinski definition) is 2. The van der Waals surface area contributed by atoms with Crippen LogP contribution in [0.2, 0.25) is 0 Å². The molecule has 1 fully saturated rings. The zero-order chi connectivity index (χ0) is 15.4. The molecule has 1 unspecified atom stereocenters. The Morgan fingerprint density at radius 2 is 1.81 bits per heavy atom. The number of aromatic nitrogens is 2.